The summed E-state index contributed by atoms with van der Waals surface area (Å²) < 4.78 is 1.96. The SMILES string of the molecule is CCc1scc(C)[n+]1CC(=O)c1cccc([N+](=O)[O-])c1. The largest absolute Gasteiger partial charge is 0.287 e. The molecule has 104 valence electrons. The molecule has 2 aromatic rings. The normalized spacial score (nSPS) is 10.5. The van der Waals surface area contributed by atoms with Crippen LogP contribution in [0.4, 0.5) is 5.69 Å². The molecule has 0 radical (unpaired) electrons. The Bertz CT molecular complexity index is 664. The predicted molar refractivity (Wildman–Crippen MR) is 76.1 cm³/mol. The second-order valence-corrected chi connectivity index (χ2v) is 5.38. The van der Waals surface area contributed by atoms with E-state index in [1.165, 1.54) is 18.2 Å². The van der Waals surface area contributed by atoms with E-state index in [1.807, 2.05) is 23.8 Å². The molecule has 1 heterocycles. The van der Waals surface area contributed by atoms with Crippen molar-refractivity contribution in [1.82, 2.24) is 0 Å². The van der Waals surface area contributed by atoms with Crippen molar-refractivity contribution >= 4 is 22.8 Å². The highest BCUT2D eigenvalue weighted by molar-refractivity contribution is 7.09. The first-order valence-corrected chi connectivity index (χ1v) is 7.15. The minimum atomic E-state index is -0.489. The second kappa shape index (κ2) is 5.92. The average molecular weight is 291 g/mol. The number of nitro groups is 1. The number of nitrogens with zero attached hydrogens (tertiary/aromatic N) is 2. The molecule has 1 aromatic carbocycles. The highest BCUT2D eigenvalue weighted by atomic mass is 32.1. The number of hydrogen-bond acceptors (Lipinski definition) is 4. The van der Waals surface area contributed by atoms with Gasteiger partial charge >= 0.3 is 0 Å². The Morgan fingerprint density at radius 2 is 2.20 bits per heavy atom. The van der Waals surface area contributed by atoms with Crippen molar-refractivity contribution in [2.45, 2.75) is 26.8 Å². The zero-order valence-corrected chi connectivity index (χ0v) is 12.1. The number of aryl methyl sites for hydroxylation is 2. The number of carbonyl (C=O) groups is 1. The van der Waals surface area contributed by atoms with Crippen LogP contribution >= 0.6 is 11.3 Å². The maximum atomic E-state index is 12.3. The zero-order chi connectivity index (χ0) is 14.7. The molecular formula is C14H15N2O3S+. The highest BCUT2D eigenvalue weighted by Crippen LogP contribution is 2.14. The lowest BCUT2D eigenvalue weighted by Gasteiger charge is -2.00. The molecule has 5 nitrogen and oxygen atoms in total. The molecule has 0 aliphatic rings. The van der Waals surface area contributed by atoms with Gasteiger partial charge in [0.2, 0.25) is 17.3 Å². The van der Waals surface area contributed by atoms with Crippen LogP contribution in [0.2, 0.25) is 0 Å². The molecule has 0 aliphatic carbocycles. The predicted octanol–water partition coefficient (Wildman–Crippen LogP) is 2.70. The van der Waals surface area contributed by atoms with Crippen LogP contribution in [-0.2, 0) is 13.0 Å². The van der Waals surface area contributed by atoms with Crippen LogP contribution in [0.25, 0.3) is 0 Å². The molecule has 20 heavy (non-hydrogen) atoms. The van der Waals surface area contributed by atoms with E-state index in [9.17, 15) is 14.9 Å². The van der Waals surface area contributed by atoms with Crippen LogP contribution in [0, 0.1) is 17.0 Å². The smallest absolute Gasteiger partial charge is 0.270 e. The summed E-state index contributed by atoms with van der Waals surface area (Å²) in [6.07, 6.45) is 0.862. The lowest BCUT2D eigenvalue weighted by atomic mass is 10.1. The minimum Gasteiger partial charge on any atom is -0.287 e. The van der Waals surface area contributed by atoms with E-state index in [-0.39, 0.29) is 18.0 Å². The molecule has 0 bridgehead atoms. The Kier molecular flexibility index (Phi) is 4.24. The van der Waals surface area contributed by atoms with Gasteiger partial charge in [-0.3, -0.25) is 14.9 Å². The topological polar surface area (TPSA) is 64.1 Å². The molecule has 0 atom stereocenters. The third-order valence-electron chi connectivity index (χ3n) is 3.08. The van der Waals surface area contributed by atoms with E-state index in [1.54, 1.807) is 17.4 Å². The summed E-state index contributed by atoms with van der Waals surface area (Å²) in [5.41, 5.74) is 1.35. The first kappa shape index (κ1) is 14.3. The Balaban J connectivity index is 2.26. The first-order chi connectivity index (χ1) is 9.52. The molecule has 0 spiro atoms. The number of carbonyl (C=O) groups excluding carboxylic acids is 1. The van der Waals surface area contributed by atoms with Crippen LogP contribution in [0.1, 0.15) is 28.0 Å². The van der Waals surface area contributed by atoms with Crippen molar-refractivity contribution in [2.75, 3.05) is 0 Å². The zero-order valence-electron chi connectivity index (χ0n) is 11.3. The van der Waals surface area contributed by atoms with Gasteiger partial charge < -0.3 is 0 Å². The Morgan fingerprint density at radius 3 is 2.85 bits per heavy atom. The van der Waals surface area contributed by atoms with E-state index in [0.29, 0.717) is 5.56 Å². The molecule has 6 heteroatoms. The van der Waals surface area contributed by atoms with Crippen LogP contribution in [0.15, 0.2) is 29.6 Å². The maximum Gasteiger partial charge on any atom is 0.270 e. The van der Waals surface area contributed by atoms with Gasteiger partial charge in [0.25, 0.3) is 5.69 Å². The standard InChI is InChI=1S/C14H15N2O3S/c1-3-14-15(10(2)9-20-14)8-13(17)11-5-4-6-12(7-11)16(18)19/h4-7,9H,3,8H2,1-2H3/q+1. The Hall–Kier alpha value is -2.08. The van der Waals surface area contributed by atoms with Crippen LogP contribution in [0.3, 0.4) is 0 Å². The van der Waals surface area contributed by atoms with Gasteiger partial charge in [-0.15, -0.1) is 0 Å². The van der Waals surface area contributed by atoms with Gasteiger partial charge in [0.05, 0.1) is 10.3 Å². The van der Waals surface area contributed by atoms with Crippen molar-refractivity contribution in [2.24, 2.45) is 0 Å². The molecular weight excluding hydrogens is 276 g/mol. The molecule has 0 fully saturated rings. The number of benzene rings is 1. The first-order valence-electron chi connectivity index (χ1n) is 6.27. The van der Waals surface area contributed by atoms with Crippen molar-refractivity contribution in [3.8, 4) is 0 Å². The van der Waals surface area contributed by atoms with Gasteiger partial charge in [-0.2, -0.15) is 4.57 Å². The number of nitro benzene ring substituents is 1. The quantitative estimate of drug-likeness (QED) is 0.368. The molecule has 2 rings (SSSR count). The number of non-ortho nitro benzene ring substituents is 1. The molecule has 0 N–H and O–H groups in total. The number of ketones is 1. The van der Waals surface area contributed by atoms with Crippen LogP contribution in [-0.4, -0.2) is 10.7 Å². The lowest BCUT2D eigenvalue weighted by molar-refractivity contribution is -0.691. The molecule has 0 amide bonds. The fourth-order valence-electron chi connectivity index (χ4n) is 1.99. The number of thiazole rings is 1. The van der Waals surface area contributed by atoms with E-state index >= 15 is 0 Å². The fraction of sp³-hybridized carbons (Fsp3) is 0.286. The summed E-state index contributed by atoms with van der Waals surface area (Å²) in [7, 11) is 0. The average Bonchev–Trinajstić information content (AvgIpc) is 2.79. The molecule has 1 aromatic heterocycles. The summed E-state index contributed by atoms with van der Waals surface area (Å²) in [4.78, 5) is 22.5. The van der Waals surface area contributed by atoms with Crippen LogP contribution < -0.4 is 4.57 Å². The van der Waals surface area contributed by atoms with Crippen molar-refractivity contribution in [1.29, 1.82) is 0 Å². The summed E-state index contributed by atoms with van der Waals surface area (Å²) in [6.45, 7) is 4.22. The van der Waals surface area contributed by atoms with Gasteiger partial charge in [-0.1, -0.05) is 30.4 Å². The van der Waals surface area contributed by atoms with Gasteiger partial charge in [0.15, 0.2) is 5.69 Å². The summed E-state index contributed by atoms with van der Waals surface area (Å²) >= 11 is 1.62. The Labute approximate surface area is 120 Å². The van der Waals surface area contributed by atoms with Crippen molar-refractivity contribution < 1.29 is 14.3 Å². The van der Waals surface area contributed by atoms with Crippen LogP contribution in [0.5, 0.6) is 0 Å². The summed E-state index contributed by atoms with van der Waals surface area (Å²) in [5.74, 6) is -0.116. The van der Waals surface area contributed by atoms with Crippen molar-refractivity contribution in [3.63, 3.8) is 0 Å². The third kappa shape index (κ3) is 2.91. The summed E-state index contributed by atoms with van der Waals surface area (Å²) in [6, 6.07) is 5.87. The van der Waals surface area contributed by atoms with E-state index in [2.05, 4.69) is 0 Å². The number of aromatic nitrogens is 1. The number of hydrogen-bond donors (Lipinski definition) is 0. The maximum absolute atomic E-state index is 12.3. The highest BCUT2D eigenvalue weighted by Gasteiger charge is 2.21. The summed E-state index contributed by atoms with van der Waals surface area (Å²) in [5, 5.41) is 13.9. The second-order valence-electron chi connectivity index (χ2n) is 4.44. The molecule has 0 saturated heterocycles. The lowest BCUT2D eigenvalue weighted by Crippen LogP contribution is -2.42. The Morgan fingerprint density at radius 1 is 1.45 bits per heavy atom. The third-order valence-corrected chi connectivity index (χ3v) is 4.32. The van der Waals surface area contributed by atoms with Gasteiger partial charge in [-0.25, -0.2) is 0 Å². The van der Waals surface area contributed by atoms with E-state index in [4.69, 9.17) is 0 Å². The van der Waals surface area contributed by atoms with Crippen molar-refractivity contribution in [3.05, 3.63) is 56.0 Å². The molecule has 0 saturated carbocycles. The van der Waals surface area contributed by atoms with Gasteiger partial charge in [0, 0.05) is 31.0 Å². The number of rotatable bonds is 5. The van der Waals surface area contributed by atoms with E-state index in [0.717, 1.165) is 17.1 Å². The number of Topliss-reactive ketones (excluding diaryl/α,β-unsaturated/α-hetero) is 1. The fourth-order valence-corrected chi connectivity index (χ4v) is 2.93. The molecule has 0 aliphatic heterocycles. The minimum absolute atomic E-state index is 0.0568. The molecule has 0 unspecified atom stereocenters. The van der Waals surface area contributed by atoms with Gasteiger partial charge in [-0.05, 0) is 0 Å². The monoisotopic (exact) mass is 291 g/mol. The van der Waals surface area contributed by atoms with E-state index < -0.39 is 4.92 Å². The van der Waals surface area contributed by atoms with Gasteiger partial charge in [0.1, 0.15) is 0 Å².